The van der Waals surface area contributed by atoms with Crippen LogP contribution >= 0.6 is 0 Å². The van der Waals surface area contributed by atoms with Gasteiger partial charge in [-0.1, -0.05) is 18.9 Å². The van der Waals surface area contributed by atoms with Gasteiger partial charge in [0.05, 0.1) is 14.2 Å². The van der Waals surface area contributed by atoms with Gasteiger partial charge in [-0.2, -0.15) is 0 Å². The molecule has 1 fully saturated rings. The van der Waals surface area contributed by atoms with E-state index in [9.17, 15) is 9.59 Å². The number of nitrogens with one attached hydrogen (secondary N) is 2. The quantitative estimate of drug-likeness (QED) is 0.804. The average molecular weight is 320 g/mol. The van der Waals surface area contributed by atoms with Crippen LogP contribution in [0.25, 0.3) is 0 Å². The highest BCUT2D eigenvalue weighted by molar-refractivity contribution is 6.35. The molecular weight excluding hydrogens is 296 g/mol. The van der Waals surface area contributed by atoms with E-state index in [-0.39, 0.29) is 5.41 Å². The van der Waals surface area contributed by atoms with Gasteiger partial charge in [-0.3, -0.25) is 9.59 Å². The summed E-state index contributed by atoms with van der Waals surface area (Å²) in [6.45, 7) is 0.439. The molecule has 1 aromatic rings. The molecule has 2 amide bonds. The number of hydrogen-bond acceptors (Lipinski definition) is 4. The number of rotatable bonds is 5. The number of benzene rings is 1. The minimum atomic E-state index is -0.620. The minimum Gasteiger partial charge on any atom is -0.493 e. The maximum atomic E-state index is 11.8. The van der Waals surface area contributed by atoms with Gasteiger partial charge in [0.1, 0.15) is 0 Å². The first-order valence-electron chi connectivity index (χ1n) is 7.79. The van der Waals surface area contributed by atoms with Crippen LogP contribution in [0.2, 0.25) is 0 Å². The molecule has 1 aromatic carbocycles. The molecule has 1 aliphatic rings. The molecule has 0 aromatic heterocycles. The van der Waals surface area contributed by atoms with Crippen LogP contribution in [-0.4, -0.2) is 39.6 Å². The van der Waals surface area contributed by atoms with Crippen LogP contribution in [0.15, 0.2) is 18.2 Å². The van der Waals surface area contributed by atoms with E-state index in [4.69, 9.17) is 9.47 Å². The molecular formula is C17H24N2O4. The summed E-state index contributed by atoms with van der Waals surface area (Å²) in [6.07, 6.45) is 4.14. The van der Waals surface area contributed by atoms with Crippen LogP contribution in [0.3, 0.4) is 0 Å². The van der Waals surface area contributed by atoms with E-state index < -0.39 is 11.8 Å². The molecule has 23 heavy (non-hydrogen) atoms. The summed E-state index contributed by atoms with van der Waals surface area (Å²) >= 11 is 0. The Kier molecular flexibility index (Phi) is 5.47. The van der Waals surface area contributed by atoms with E-state index in [0.717, 1.165) is 31.2 Å². The number of hydrogen-bond donors (Lipinski definition) is 2. The predicted octanol–water partition coefficient (Wildman–Crippen LogP) is 1.38. The van der Waals surface area contributed by atoms with Gasteiger partial charge < -0.3 is 20.1 Å². The molecule has 0 aliphatic heterocycles. The Balaban J connectivity index is 2.23. The normalized spacial score (nSPS) is 15.8. The first kappa shape index (κ1) is 17.1. The highest BCUT2D eigenvalue weighted by Crippen LogP contribution is 2.43. The second-order valence-electron chi connectivity index (χ2n) is 5.82. The molecule has 0 atom stereocenters. The van der Waals surface area contributed by atoms with Crippen LogP contribution in [0.5, 0.6) is 11.5 Å². The maximum absolute atomic E-state index is 11.8. The molecule has 2 N–H and O–H groups in total. The summed E-state index contributed by atoms with van der Waals surface area (Å²) in [6, 6.07) is 5.86. The summed E-state index contributed by atoms with van der Waals surface area (Å²) in [5.74, 6) is 0.136. The maximum Gasteiger partial charge on any atom is 0.309 e. The van der Waals surface area contributed by atoms with Crippen molar-refractivity contribution in [3.05, 3.63) is 23.8 Å². The van der Waals surface area contributed by atoms with Crippen molar-refractivity contribution >= 4 is 11.8 Å². The lowest BCUT2D eigenvalue weighted by Crippen LogP contribution is -2.44. The predicted molar refractivity (Wildman–Crippen MR) is 86.8 cm³/mol. The molecule has 0 unspecified atom stereocenters. The van der Waals surface area contributed by atoms with Crippen molar-refractivity contribution in [2.45, 2.75) is 31.1 Å². The summed E-state index contributed by atoms with van der Waals surface area (Å²) in [5.41, 5.74) is 0.938. The molecule has 0 bridgehead atoms. The fourth-order valence-corrected chi connectivity index (χ4v) is 3.23. The smallest absolute Gasteiger partial charge is 0.309 e. The summed E-state index contributed by atoms with van der Waals surface area (Å²) in [4.78, 5) is 23.1. The minimum absolute atomic E-state index is 0.163. The zero-order valence-corrected chi connectivity index (χ0v) is 13.9. The lowest BCUT2D eigenvalue weighted by Gasteiger charge is -2.30. The molecule has 126 valence electrons. The van der Waals surface area contributed by atoms with Crippen molar-refractivity contribution < 1.29 is 19.1 Å². The summed E-state index contributed by atoms with van der Waals surface area (Å²) in [5, 5.41) is 5.10. The van der Waals surface area contributed by atoms with Crippen molar-refractivity contribution in [2.24, 2.45) is 0 Å². The Hall–Kier alpha value is -2.24. The topological polar surface area (TPSA) is 76.7 Å². The highest BCUT2D eigenvalue weighted by Gasteiger charge is 2.37. The van der Waals surface area contributed by atoms with Gasteiger partial charge in [0.25, 0.3) is 0 Å². The van der Waals surface area contributed by atoms with Crippen LogP contribution in [-0.2, 0) is 15.0 Å². The Labute approximate surface area is 136 Å². The Morgan fingerprint density at radius 2 is 1.74 bits per heavy atom. The largest absolute Gasteiger partial charge is 0.493 e. The summed E-state index contributed by atoms with van der Waals surface area (Å²) in [7, 11) is 4.66. The molecule has 6 nitrogen and oxygen atoms in total. The SMILES string of the molecule is CNC(=O)C(=O)NCC1(c2ccc(OC)c(OC)c2)CCCC1. The Morgan fingerprint density at radius 1 is 1.09 bits per heavy atom. The van der Waals surface area contributed by atoms with E-state index >= 15 is 0 Å². The van der Waals surface area contributed by atoms with Crippen molar-refractivity contribution in [3.8, 4) is 11.5 Å². The van der Waals surface area contributed by atoms with Gasteiger partial charge in [0, 0.05) is 19.0 Å². The molecule has 1 aliphatic carbocycles. The second-order valence-corrected chi connectivity index (χ2v) is 5.82. The van der Waals surface area contributed by atoms with E-state index in [1.165, 1.54) is 7.05 Å². The average Bonchev–Trinajstić information content (AvgIpc) is 3.08. The lowest BCUT2D eigenvalue weighted by molar-refractivity contribution is -0.139. The molecule has 1 saturated carbocycles. The molecule has 6 heteroatoms. The standard InChI is InChI=1S/C17H24N2O4/c1-18-15(20)16(21)19-11-17(8-4-5-9-17)12-6-7-13(22-2)14(10-12)23-3/h6-7,10H,4-5,8-9,11H2,1-3H3,(H,18,20)(H,19,21). The van der Waals surface area contributed by atoms with Crippen LogP contribution < -0.4 is 20.1 Å². The van der Waals surface area contributed by atoms with Crippen molar-refractivity contribution in [3.63, 3.8) is 0 Å². The van der Waals surface area contributed by atoms with E-state index in [2.05, 4.69) is 10.6 Å². The number of likely N-dealkylation sites (N-methyl/N-ethyl adjacent to an activating group) is 1. The summed E-state index contributed by atoms with van der Waals surface area (Å²) < 4.78 is 10.7. The Bertz CT molecular complexity index is 580. The first-order chi connectivity index (χ1) is 11.1. The number of methoxy groups -OCH3 is 2. The van der Waals surface area contributed by atoms with Gasteiger partial charge in [-0.15, -0.1) is 0 Å². The zero-order chi connectivity index (χ0) is 16.9. The van der Waals surface area contributed by atoms with Gasteiger partial charge in [-0.05, 0) is 30.5 Å². The van der Waals surface area contributed by atoms with Crippen LogP contribution in [0.4, 0.5) is 0 Å². The van der Waals surface area contributed by atoms with E-state index in [1.54, 1.807) is 14.2 Å². The van der Waals surface area contributed by atoms with E-state index in [0.29, 0.717) is 18.0 Å². The first-order valence-corrected chi connectivity index (χ1v) is 7.79. The van der Waals surface area contributed by atoms with Gasteiger partial charge >= 0.3 is 11.8 Å². The fourth-order valence-electron chi connectivity index (χ4n) is 3.23. The van der Waals surface area contributed by atoms with Gasteiger partial charge in [-0.25, -0.2) is 0 Å². The number of ether oxygens (including phenoxy) is 2. The molecule has 0 saturated heterocycles. The van der Waals surface area contributed by atoms with Crippen molar-refractivity contribution in [1.82, 2.24) is 10.6 Å². The van der Waals surface area contributed by atoms with E-state index in [1.807, 2.05) is 18.2 Å². The third kappa shape index (κ3) is 3.57. The monoisotopic (exact) mass is 320 g/mol. The Morgan fingerprint density at radius 3 is 2.30 bits per heavy atom. The molecule has 2 rings (SSSR count). The third-order valence-corrected chi connectivity index (χ3v) is 4.58. The van der Waals surface area contributed by atoms with Gasteiger partial charge in [0.15, 0.2) is 11.5 Å². The zero-order valence-electron chi connectivity index (χ0n) is 13.9. The molecule has 0 heterocycles. The highest BCUT2D eigenvalue weighted by atomic mass is 16.5. The second kappa shape index (κ2) is 7.35. The van der Waals surface area contributed by atoms with Crippen molar-refractivity contribution in [2.75, 3.05) is 27.8 Å². The molecule has 0 radical (unpaired) electrons. The van der Waals surface area contributed by atoms with Crippen LogP contribution in [0, 0.1) is 0 Å². The molecule has 0 spiro atoms. The third-order valence-electron chi connectivity index (χ3n) is 4.58. The fraction of sp³-hybridized carbons (Fsp3) is 0.529. The number of amides is 2. The number of carbonyl (C=O) groups excluding carboxylic acids is 2. The van der Waals surface area contributed by atoms with Crippen molar-refractivity contribution in [1.29, 1.82) is 0 Å². The number of carbonyl (C=O) groups is 2. The lowest BCUT2D eigenvalue weighted by atomic mass is 9.78. The van der Waals surface area contributed by atoms with Gasteiger partial charge in [0.2, 0.25) is 0 Å². The van der Waals surface area contributed by atoms with Crippen LogP contribution in [0.1, 0.15) is 31.2 Å².